The van der Waals surface area contributed by atoms with E-state index in [0.717, 1.165) is 17.1 Å². The van der Waals surface area contributed by atoms with Crippen molar-refractivity contribution in [2.75, 3.05) is 18.1 Å². The number of aromatic nitrogens is 3. The van der Waals surface area contributed by atoms with E-state index in [2.05, 4.69) is 16.8 Å². The number of hydrogen-bond donors (Lipinski definition) is 0. The first-order valence-corrected chi connectivity index (χ1v) is 12.6. The van der Waals surface area contributed by atoms with Gasteiger partial charge in [0.15, 0.2) is 11.0 Å². The Bertz CT molecular complexity index is 1140. The number of nitrogens with zero attached hydrogens (tertiary/aromatic N) is 4. The maximum Gasteiger partial charge on any atom is 0.234 e. The second kappa shape index (κ2) is 10.9. The number of ether oxygens (including phenoxy) is 1. The Kier molecular flexibility index (Phi) is 7.72. The number of aryl methyl sites for hydroxylation is 1. The predicted octanol–water partition coefficient (Wildman–Crippen LogP) is 4.86. The quantitative estimate of drug-likeness (QED) is 0.319. The van der Waals surface area contributed by atoms with E-state index in [1.807, 2.05) is 35.8 Å². The van der Waals surface area contributed by atoms with E-state index in [1.165, 1.54) is 17.8 Å². The zero-order valence-electron chi connectivity index (χ0n) is 18.3. The molecule has 0 bridgehead atoms. The van der Waals surface area contributed by atoms with Gasteiger partial charge in [-0.25, -0.2) is 4.39 Å². The van der Waals surface area contributed by atoms with Crippen LogP contribution in [0.1, 0.15) is 22.3 Å². The molecule has 1 aromatic heterocycles. The Balaban J connectivity index is 1.41. The molecule has 1 fully saturated rings. The van der Waals surface area contributed by atoms with Crippen molar-refractivity contribution in [2.24, 2.45) is 0 Å². The number of carbonyl (C=O) groups is 1. The van der Waals surface area contributed by atoms with E-state index in [4.69, 9.17) is 4.74 Å². The van der Waals surface area contributed by atoms with Crippen molar-refractivity contribution in [2.45, 2.75) is 30.6 Å². The normalized spacial score (nSPS) is 15.6. The van der Waals surface area contributed by atoms with Gasteiger partial charge in [0.2, 0.25) is 5.91 Å². The number of thioether (sulfide) groups is 2. The van der Waals surface area contributed by atoms with Crippen LogP contribution < -0.4 is 4.74 Å². The molecule has 1 atom stereocenters. The molecule has 6 nitrogen and oxygen atoms in total. The second-order valence-electron chi connectivity index (χ2n) is 7.52. The Hall–Kier alpha value is -2.78. The molecule has 0 N–H and O–H groups in total. The van der Waals surface area contributed by atoms with Gasteiger partial charge in [0.05, 0.1) is 5.75 Å². The van der Waals surface area contributed by atoms with E-state index in [-0.39, 0.29) is 29.5 Å². The van der Waals surface area contributed by atoms with E-state index in [1.54, 1.807) is 40.9 Å². The highest BCUT2D eigenvalue weighted by atomic mass is 32.2. The molecule has 2 heterocycles. The minimum absolute atomic E-state index is 0.0519. The van der Waals surface area contributed by atoms with Crippen molar-refractivity contribution in [3.63, 3.8) is 0 Å². The molecule has 0 radical (unpaired) electrons. The third-order valence-corrected chi connectivity index (χ3v) is 7.36. The highest BCUT2D eigenvalue weighted by Gasteiger charge is 2.32. The van der Waals surface area contributed by atoms with Gasteiger partial charge in [-0.1, -0.05) is 48.2 Å². The maximum absolute atomic E-state index is 14.3. The van der Waals surface area contributed by atoms with Gasteiger partial charge in [-0.2, -0.15) is 0 Å². The average molecular weight is 485 g/mol. The SMILES string of the molecule is C=CCn1c(COc2cccc(C)c2)nnc1SCC(=O)N1CCSC1c1ccccc1F. The summed E-state index contributed by atoms with van der Waals surface area (Å²) in [6.45, 7) is 7.19. The van der Waals surface area contributed by atoms with E-state index in [9.17, 15) is 9.18 Å². The molecule has 0 spiro atoms. The molecule has 1 saturated heterocycles. The summed E-state index contributed by atoms with van der Waals surface area (Å²) in [6, 6.07) is 14.4. The zero-order chi connectivity index (χ0) is 23.2. The number of amides is 1. The number of hydrogen-bond acceptors (Lipinski definition) is 6. The summed E-state index contributed by atoms with van der Waals surface area (Å²) in [5, 5.41) is 8.85. The predicted molar refractivity (Wildman–Crippen MR) is 130 cm³/mol. The fourth-order valence-electron chi connectivity index (χ4n) is 3.57. The highest BCUT2D eigenvalue weighted by molar-refractivity contribution is 8.00. The van der Waals surface area contributed by atoms with Gasteiger partial charge >= 0.3 is 0 Å². The first kappa shape index (κ1) is 23.4. The van der Waals surface area contributed by atoms with Gasteiger partial charge in [0.25, 0.3) is 0 Å². The summed E-state index contributed by atoms with van der Waals surface area (Å²) in [4.78, 5) is 14.7. The minimum atomic E-state index is -0.302. The Labute approximate surface area is 201 Å². The van der Waals surface area contributed by atoms with Crippen molar-refractivity contribution in [1.82, 2.24) is 19.7 Å². The second-order valence-corrected chi connectivity index (χ2v) is 9.65. The fourth-order valence-corrected chi connectivity index (χ4v) is 5.72. The molecular weight excluding hydrogens is 459 g/mol. The molecule has 1 aliphatic rings. The van der Waals surface area contributed by atoms with Crippen LogP contribution >= 0.6 is 23.5 Å². The molecule has 0 aliphatic carbocycles. The molecule has 9 heteroatoms. The Morgan fingerprint density at radius 1 is 1.30 bits per heavy atom. The van der Waals surface area contributed by atoms with E-state index in [0.29, 0.717) is 29.6 Å². The van der Waals surface area contributed by atoms with Gasteiger partial charge < -0.3 is 9.64 Å². The number of rotatable bonds is 9. The van der Waals surface area contributed by atoms with Gasteiger partial charge in [0, 0.05) is 24.4 Å². The fraction of sp³-hybridized carbons (Fsp3) is 0.292. The Morgan fingerprint density at radius 3 is 2.94 bits per heavy atom. The van der Waals surface area contributed by atoms with Crippen molar-refractivity contribution in [3.05, 3.63) is 84.0 Å². The lowest BCUT2D eigenvalue weighted by Gasteiger charge is -2.24. The third kappa shape index (κ3) is 5.59. The van der Waals surface area contributed by atoms with Crippen LogP contribution in [0.3, 0.4) is 0 Å². The molecule has 4 rings (SSSR count). The monoisotopic (exact) mass is 484 g/mol. The van der Waals surface area contributed by atoms with Gasteiger partial charge in [-0.05, 0) is 30.7 Å². The summed E-state index contributed by atoms with van der Waals surface area (Å²) in [5.74, 6) is 2.06. The van der Waals surface area contributed by atoms with Crippen LogP contribution in [-0.4, -0.2) is 43.6 Å². The van der Waals surface area contributed by atoms with Crippen molar-refractivity contribution in [1.29, 1.82) is 0 Å². The van der Waals surface area contributed by atoms with Crippen LogP contribution in [0.5, 0.6) is 5.75 Å². The van der Waals surface area contributed by atoms with Crippen LogP contribution in [0, 0.1) is 12.7 Å². The topological polar surface area (TPSA) is 60.2 Å². The van der Waals surface area contributed by atoms with Crippen molar-refractivity contribution in [3.8, 4) is 5.75 Å². The molecule has 1 aliphatic heterocycles. The number of allylic oxidation sites excluding steroid dienone is 1. The van der Waals surface area contributed by atoms with Gasteiger partial charge in [-0.3, -0.25) is 9.36 Å². The Morgan fingerprint density at radius 2 is 2.15 bits per heavy atom. The van der Waals surface area contributed by atoms with Crippen LogP contribution in [0.2, 0.25) is 0 Å². The highest BCUT2D eigenvalue weighted by Crippen LogP contribution is 2.39. The minimum Gasteiger partial charge on any atom is -0.486 e. The summed E-state index contributed by atoms with van der Waals surface area (Å²) in [5.41, 5.74) is 1.66. The summed E-state index contributed by atoms with van der Waals surface area (Å²) < 4.78 is 22.1. The number of halogens is 1. The molecule has 3 aromatic rings. The standard InChI is InChI=1S/C24H25FN4O2S2/c1-3-11-28-21(15-31-18-8-6-7-17(2)14-18)26-27-24(28)33-16-22(30)29-12-13-32-23(29)19-9-4-5-10-20(19)25/h3-10,14,23H,1,11-13,15-16H2,2H3. The van der Waals surface area contributed by atoms with Gasteiger partial charge in [-0.15, -0.1) is 28.5 Å². The molecule has 0 saturated carbocycles. The lowest BCUT2D eigenvalue weighted by molar-refractivity contribution is -0.128. The smallest absolute Gasteiger partial charge is 0.234 e. The van der Waals surface area contributed by atoms with Crippen molar-refractivity contribution < 1.29 is 13.9 Å². The molecule has 2 aromatic carbocycles. The lowest BCUT2D eigenvalue weighted by atomic mass is 10.2. The summed E-state index contributed by atoms with van der Waals surface area (Å²) in [6.07, 6.45) is 1.76. The lowest BCUT2D eigenvalue weighted by Crippen LogP contribution is -2.32. The van der Waals surface area contributed by atoms with Crippen LogP contribution in [0.15, 0.2) is 66.3 Å². The molecule has 33 heavy (non-hydrogen) atoms. The molecule has 172 valence electrons. The van der Waals surface area contributed by atoms with Crippen molar-refractivity contribution >= 4 is 29.4 Å². The molecule has 1 amide bonds. The first-order chi connectivity index (χ1) is 16.1. The molecule has 1 unspecified atom stereocenters. The average Bonchev–Trinajstić information content (AvgIpc) is 3.44. The van der Waals surface area contributed by atoms with Crippen LogP contribution in [0.25, 0.3) is 0 Å². The summed E-state index contributed by atoms with van der Waals surface area (Å²) >= 11 is 2.90. The van der Waals surface area contributed by atoms with Crippen LogP contribution in [-0.2, 0) is 17.9 Å². The third-order valence-electron chi connectivity index (χ3n) is 5.17. The maximum atomic E-state index is 14.3. The zero-order valence-corrected chi connectivity index (χ0v) is 19.9. The van der Waals surface area contributed by atoms with Gasteiger partial charge in [0.1, 0.15) is 23.5 Å². The number of carbonyl (C=O) groups excluding carboxylic acids is 1. The van der Waals surface area contributed by atoms with E-state index < -0.39 is 0 Å². The molecular formula is C24H25FN4O2S2. The van der Waals surface area contributed by atoms with Crippen LogP contribution in [0.4, 0.5) is 4.39 Å². The summed E-state index contributed by atoms with van der Waals surface area (Å²) in [7, 11) is 0. The first-order valence-electron chi connectivity index (χ1n) is 10.6. The largest absolute Gasteiger partial charge is 0.486 e. The number of benzene rings is 2. The van der Waals surface area contributed by atoms with E-state index >= 15 is 0 Å².